The molecule has 0 bridgehead atoms. The number of thioether (sulfide) groups is 1. The zero-order chi connectivity index (χ0) is 22.5. The van der Waals surface area contributed by atoms with E-state index in [0.29, 0.717) is 30.7 Å². The zero-order valence-corrected chi connectivity index (χ0v) is 18.1. The zero-order valence-electron chi connectivity index (χ0n) is 17.3. The third kappa shape index (κ3) is 9.15. The molecule has 0 saturated carbocycles. The van der Waals surface area contributed by atoms with E-state index < -0.39 is 18.2 Å². The van der Waals surface area contributed by atoms with Gasteiger partial charge < -0.3 is 19.7 Å². The normalized spacial score (nSPS) is 11.8. The highest BCUT2D eigenvalue weighted by Crippen LogP contribution is 2.27. The molecule has 31 heavy (non-hydrogen) atoms. The summed E-state index contributed by atoms with van der Waals surface area (Å²) in [5, 5.41) is 20.3. The van der Waals surface area contributed by atoms with Crippen molar-refractivity contribution in [1.29, 1.82) is 0 Å². The third-order valence-electron chi connectivity index (χ3n) is 4.30. The van der Waals surface area contributed by atoms with E-state index in [4.69, 9.17) is 19.7 Å². The third-order valence-corrected chi connectivity index (χ3v) is 5.04. The molecule has 0 unspecified atom stereocenters. The number of benzene rings is 2. The van der Waals surface area contributed by atoms with Crippen LogP contribution in [-0.2, 0) is 9.53 Å². The van der Waals surface area contributed by atoms with Crippen LogP contribution >= 0.6 is 11.8 Å². The van der Waals surface area contributed by atoms with E-state index >= 15 is 0 Å². The molecule has 0 aliphatic carbocycles. The number of hydrogen-bond acceptors (Lipinski definition) is 6. The fourth-order valence-corrected chi connectivity index (χ4v) is 3.20. The molecule has 2 aromatic rings. The van der Waals surface area contributed by atoms with Gasteiger partial charge in [0.1, 0.15) is 18.5 Å². The van der Waals surface area contributed by atoms with Gasteiger partial charge in [0.25, 0.3) is 0 Å². The van der Waals surface area contributed by atoms with Gasteiger partial charge in [0.05, 0.1) is 6.61 Å². The standard InChI is InChI=1S/C23H27NO6S/c1-31-20-13-9-18(10-14-20)24-23(28)30-21(5-3-2-4-6-22(26)27)17-7-11-19(12-8-17)29-16-15-25/h4,6-14,21,25H,2-3,5,15-16H2,1H3,(H,24,28)(H,26,27)/b6-4+/t21-/m0/s1. The Hall–Kier alpha value is -2.97. The van der Waals surface area contributed by atoms with Crippen molar-refractivity contribution in [1.82, 2.24) is 0 Å². The highest BCUT2D eigenvalue weighted by atomic mass is 32.2. The number of hydrogen-bond donors (Lipinski definition) is 3. The number of carboxylic acids is 1. The van der Waals surface area contributed by atoms with Gasteiger partial charge in [-0.3, -0.25) is 5.32 Å². The maximum absolute atomic E-state index is 12.5. The first-order valence-electron chi connectivity index (χ1n) is 9.86. The molecule has 0 spiro atoms. The van der Waals surface area contributed by atoms with Crippen LogP contribution in [0.1, 0.15) is 30.9 Å². The predicted molar refractivity (Wildman–Crippen MR) is 121 cm³/mol. The lowest BCUT2D eigenvalue weighted by atomic mass is 10.0. The molecule has 1 atom stereocenters. The number of amides is 1. The van der Waals surface area contributed by atoms with Gasteiger partial charge in [0, 0.05) is 16.7 Å². The van der Waals surface area contributed by atoms with Crippen LogP contribution < -0.4 is 10.1 Å². The van der Waals surface area contributed by atoms with Gasteiger partial charge in [-0.2, -0.15) is 0 Å². The number of unbranched alkanes of at least 4 members (excludes halogenated alkanes) is 1. The molecule has 7 nitrogen and oxygen atoms in total. The van der Waals surface area contributed by atoms with Gasteiger partial charge in [-0.25, -0.2) is 9.59 Å². The highest BCUT2D eigenvalue weighted by molar-refractivity contribution is 7.98. The van der Waals surface area contributed by atoms with Crippen molar-refractivity contribution in [2.24, 2.45) is 0 Å². The van der Waals surface area contributed by atoms with Crippen molar-refractivity contribution < 1.29 is 29.3 Å². The van der Waals surface area contributed by atoms with E-state index in [1.807, 2.05) is 42.7 Å². The van der Waals surface area contributed by atoms with E-state index in [2.05, 4.69) is 5.32 Å². The predicted octanol–water partition coefficient (Wildman–Crippen LogP) is 4.88. The van der Waals surface area contributed by atoms with Gasteiger partial charge >= 0.3 is 12.1 Å². The molecule has 8 heteroatoms. The van der Waals surface area contributed by atoms with Gasteiger partial charge in [0.2, 0.25) is 0 Å². The lowest BCUT2D eigenvalue weighted by Crippen LogP contribution is -2.17. The molecule has 166 valence electrons. The quantitative estimate of drug-likeness (QED) is 0.243. The molecule has 1 amide bonds. The summed E-state index contributed by atoms with van der Waals surface area (Å²) in [6, 6.07) is 14.6. The number of carboxylic acid groups (broad SMARTS) is 1. The maximum atomic E-state index is 12.5. The number of allylic oxidation sites excluding steroid dienone is 1. The Morgan fingerprint density at radius 2 is 1.84 bits per heavy atom. The number of anilines is 1. The summed E-state index contributed by atoms with van der Waals surface area (Å²) in [5.74, 6) is -0.377. The fraction of sp³-hybridized carbons (Fsp3) is 0.304. The molecule has 0 saturated heterocycles. The van der Waals surface area contributed by atoms with Crippen molar-refractivity contribution in [3.8, 4) is 5.75 Å². The van der Waals surface area contributed by atoms with Gasteiger partial charge in [-0.1, -0.05) is 18.2 Å². The van der Waals surface area contributed by atoms with Gasteiger partial charge in [-0.15, -0.1) is 11.8 Å². The molecule has 2 aromatic carbocycles. The van der Waals surface area contributed by atoms with E-state index in [0.717, 1.165) is 16.5 Å². The molecule has 0 radical (unpaired) electrons. The van der Waals surface area contributed by atoms with Crippen LogP contribution in [0.4, 0.5) is 10.5 Å². The van der Waals surface area contributed by atoms with Crippen LogP contribution in [0.2, 0.25) is 0 Å². The van der Waals surface area contributed by atoms with Crippen molar-refractivity contribution in [3.05, 3.63) is 66.2 Å². The summed E-state index contributed by atoms with van der Waals surface area (Å²) in [6.07, 6.45) is 5.33. The van der Waals surface area contributed by atoms with Crippen LogP contribution in [0.3, 0.4) is 0 Å². The second kappa shape index (κ2) is 13.4. The number of ether oxygens (including phenoxy) is 2. The number of rotatable bonds is 12. The number of aliphatic hydroxyl groups is 1. The number of carbonyl (C=O) groups is 2. The van der Waals surface area contributed by atoms with Crippen LogP contribution in [0.25, 0.3) is 0 Å². The van der Waals surface area contributed by atoms with Crippen molar-refractivity contribution in [3.63, 3.8) is 0 Å². The number of nitrogens with one attached hydrogen (secondary N) is 1. The summed E-state index contributed by atoms with van der Waals surface area (Å²) in [5.41, 5.74) is 1.44. The lowest BCUT2D eigenvalue weighted by molar-refractivity contribution is -0.131. The van der Waals surface area contributed by atoms with Gasteiger partial charge in [0.15, 0.2) is 0 Å². The van der Waals surface area contributed by atoms with E-state index in [1.54, 1.807) is 30.0 Å². The molecule has 0 aliphatic heterocycles. The van der Waals surface area contributed by atoms with Crippen LogP contribution in [0, 0.1) is 0 Å². The maximum Gasteiger partial charge on any atom is 0.412 e. The Morgan fingerprint density at radius 3 is 2.45 bits per heavy atom. The minimum Gasteiger partial charge on any atom is -0.491 e. The fourth-order valence-electron chi connectivity index (χ4n) is 2.79. The van der Waals surface area contributed by atoms with E-state index in [9.17, 15) is 9.59 Å². The lowest BCUT2D eigenvalue weighted by Gasteiger charge is -2.19. The summed E-state index contributed by atoms with van der Waals surface area (Å²) in [6.45, 7) is 0.127. The van der Waals surface area contributed by atoms with Crippen LogP contribution in [0.5, 0.6) is 5.75 Å². The molecule has 2 rings (SSSR count). The molecule has 3 N–H and O–H groups in total. The Bertz CT molecular complexity index is 851. The molecule has 0 heterocycles. The largest absolute Gasteiger partial charge is 0.491 e. The number of aliphatic hydroxyl groups excluding tert-OH is 1. The Morgan fingerprint density at radius 1 is 1.13 bits per heavy atom. The molecule has 0 aliphatic rings. The molecular weight excluding hydrogens is 418 g/mol. The minimum atomic E-state index is -0.988. The van der Waals surface area contributed by atoms with Crippen LogP contribution in [0.15, 0.2) is 65.6 Å². The van der Waals surface area contributed by atoms with Crippen molar-refractivity contribution >= 4 is 29.5 Å². The topological polar surface area (TPSA) is 105 Å². The molecule has 0 fully saturated rings. The summed E-state index contributed by atoms with van der Waals surface area (Å²) in [4.78, 5) is 24.1. The summed E-state index contributed by atoms with van der Waals surface area (Å²) >= 11 is 1.61. The van der Waals surface area contributed by atoms with Crippen LogP contribution in [-0.4, -0.2) is 41.7 Å². The second-order valence-electron chi connectivity index (χ2n) is 6.56. The number of carbonyl (C=O) groups excluding carboxylic acids is 1. The molecule has 0 aromatic heterocycles. The monoisotopic (exact) mass is 445 g/mol. The van der Waals surface area contributed by atoms with E-state index in [-0.39, 0.29) is 13.2 Å². The average Bonchev–Trinajstić information content (AvgIpc) is 2.77. The first-order valence-corrected chi connectivity index (χ1v) is 11.1. The van der Waals surface area contributed by atoms with E-state index in [1.165, 1.54) is 0 Å². The van der Waals surface area contributed by atoms with Crippen molar-refractivity contribution in [2.75, 3.05) is 24.8 Å². The van der Waals surface area contributed by atoms with Crippen molar-refractivity contribution in [2.45, 2.75) is 30.3 Å². The number of aliphatic carboxylic acids is 1. The second-order valence-corrected chi connectivity index (χ2v) is 7.44. The highest BCUT2D eigenvalue weighted by Gasteiger charge is 2.17. The first-order chi connectivity index (χ1) is 15.0. The average molecular weight is 446 g/mol. The Labute approximate surface area is 186 Å². The van der Waals surface area contributed by atoms with Gasteiger partial charge in [-0.05, 0) is 67.5 Å². The first kappa shape index (κ1) is 24.3. The minimum absolute atomic E-state index is 0.0740. The summed E-state index contributed by atoms with van der Waals surface area (Å²) < 4.78 is 11.0. The smallest absolute Gasteiger partial charge is 0.412 e. The SMILES string of the molecule is CSc1ccc(NC(=O)O[C@@H](CCC/C=C/C(=O)O)c2ccc(OCCO)cc2)cc1. The molecular formula is C23H27NO6S. The summed E-state index contributed by atoms with van der Waals surface area (Å²) in [7, 11) is 0. The Kier molecular flexibility index (Phi) is 10.5. The Balaban J connectivity index is 2.02.